The Morgan fingerprint density at radius 1 is 1.00 bits per heavy atom. The molecule has 23 heavy (non-hydrogen) atoms. The first kappa shape index (κ1) is 19.2. The van der Waals surface area contributed by atoms with Crippen LogP contribution in [0.4, 0.5) is 0 Å². The van der Waals surface area contributed by atoms with E-state index >= 15 is 0 Å². The smallest absolute Gasteiger partial charge is 0.240 e. The number of hydrogen-bond acceptors (Lipinski definition) is 2. The maximum atomic E-state index is 12.4. The predicted octanol–water partition coefficient (Wildman–Crippen LogP) is 3.00. The molecule has 0 aliphatic heterocycles. The Balaban J connectivity index is 2.73. The third-order valence-corrected chi connectivity index (χ3v) is 3.88. The molecule has 0 radical (unpaired) electrons. The molecule has 0 spiro atoms. The molecule has 0 heterocycles. The summed E-state index contributed by atoms with van der Waals surface area (Å²) in [6.07, 6.45) is 1.58. The van der Waals surface area contributed by atoms with Crippen molar-refractivity contribution in [2.45, 2.75) is 59.4 Å². The summed E-state index contributed by atoms with van der Waals surface area (Å²) >= 11 is 0. The Morgan fingerprint density at radius 3 is 2.00 bits per heavy atom. The van der Waals surface area contributed by atoms with Crippen LogP contribution in [0.25, 0.3) is 0 Å². The summed E-state index contributed by atoms with van der Waals surface area (Å²) in [7, 11) is 0. The molecule has 3 N–H and O–H groups in total. The molecule has 2 amide bonds. The van der Waals surface area contributed by atoms with Crippen LogP contribution in [0.3, 0.4) is 0 Å². The molecule has 0 unspecified atom stereocenters. The van der Waals surface area contributed by atoms with Crippen molar-refractivity contribution in [3.63, 3.8) is 0 Å². The van der Waals surface area contributed by atoms with Crippen molar-refractivity contribution in [2.24, 2.45) is 17.6 Å². The van der Waals surface area contributed by atoms with Crippen molar-refractivity contribution in [3.05, 3.63) is 35.4 Å². The van der Waals surface area contributed by atoms with E-state index in [1.54, 1.807) is 0 Å². The van der Waals surface area contributed by atoms with E-state index in [-0.39, 0.29) is 11.8 Å². The van der Waals surface area contributed by atoms with Crippen LogP contribution in [0.5, 0.6) is 0 Å². The summed E-state index contributed by atoms with van der Waals surface area (Å²) in [5.74, 6) is -0.0537. The van der Waals surface area contributed by atoms with Gasteiger partial charge in [0.25, 0.3) is 0 Å². The fourth-order valence-corrected chi connectivity index (χ4v) is 2.58. The van der Waals surface area contributed by atoms with Crippen LogP contribution >= 0.6 is 0 Å². The summed E-state index contributed by atoms with van der Waals surface area (Å²) in [5.41, 5.74) is 7.60. The number of benzene rings is 1. The maximum Gasteiger partial charge on any atom is 0.240 e. The summed E-state index contributed by atoms with van der Waals surface area (Å²) in [4.78, 5) is 23.9. The van der Waals surface area contributed by atoms with Gasteiger partial charge in [-0.05, 0) is 42.7 Å². The number of nitrogens with two attached hydrogens (primary N) is 1. The van der Waals surface area contributed by atoms with Gasteiger partial charge < -0.3 is 11.1 Å². The van der Waals surface area contributed by atoms with Gasteiger partial charge in [0, 0.05) is 0 Å². The van der Waals surface area contributed by atoms with E-state index in [4.69, 9.17) is 5.73 Å². The topological polar surface area (TPSA) is 72.2 Å². The molecule has 0 fully saturated rings. The standard InChI is InChI=1S/C19H30N2O2/c1-12(2)10-15-6-8-16(9-7-15)14(5)19(23)21-17(18(20)22)11-13(3)4/h6-9,12-14,17H,10-11H2,1-5H3,(H2,20,22)(H,21,23)/t14-,17+/m1/s1. The van der Waals surface area contributed by atoms with Crippen LogP contribution in [0.15, 0.2) is 24.3 Å². The summed E-state index contributed by atoms with van der Waals surface area (Å²) in [6.45, 7) is 10.2. The van der Waals surface area contributed by atoms with Crippen LogP contribution in [0.1, 0.15) is 58.1 Å². The second-order valence-corrected chi connectivity index (χ2v) is 7.15. The minimum absolute atomic E-state index is 0.161. The normalized spacial score (nSPS) is 13.9. The Bertz CT molecular complexity index is 521. The second kappa shape index (κ2) is 8.70. The highest BCUT2D eigenvalue weighted by molar-refractivity contribution is 5.89. The van der Waals surface area contributed by atoms with Crippen LogP contribution in [-0.2, 0) is 16.0 Å². The van der Waals surface area contributed by atoms with Crippen molar-refractivity contribution in [3.8, 4) is 0 Å². The van der Waals surface area contributed by atoms with E-state index < -0.39 is 11.9 Å². The van der Waals surface area contributed by atoms with Gasteiger partial charge in [0.05, 0.1) is 5.92 Å². The molecule has 0 aliphatic rings. The minimum Gasteiger partial charge on any atom is -0.368 e. The van der Waals surface area contributed by atoms with Crippen molar-refractivity contribution < 1.29 is 9.59 Å². The molecule has 4 nitrogen and oxygen atoms in total. The predicted molar refractivity (Wildman–Crippen MR) is 94.0 cm³/mol. The van der Waals surface area contributed by atoms with Gasteiger partial charge in [0.15, 0.2) is 0 Å². The van der Waals surface area contributed by atoms with E-state index in [0.717, 1.165) is 12.0 Å². The summed E-state index contributed by atoms with van der Waals surface area (Å²) in [5, 5.41) is 2.78. The molecule has 4 heteroatoms. The van der Waals surface area contributed by atoms with Crippen LogP contribution in [0, 0.1) is 11.8 Å². The molecule has 1 aromatic rings. The first-order valence-corrected chi connectivity index (χ1v) is 8.39. The van der Waals surface area contributed by atoms with E-state index in [0.29, 0.717) is 18.3 Å². The maximum absolute atomic E-state index is 12.4. The molecule has 1 rings (SSSR count). The molecule has 1 aromatic carbocycles. The van der Waals surface area contributed by atoms with Crippen LogP contribution in [-0.4, -0.2) is 17.9 Å². The highest BCUT2D eigenvalue weighted by Crippen LogP contribution is 2.18. The third-order valence-electron chi connectivity index (χ3n) is 3.88. The van der Waals surface area contributed by atoms with Gasteiger partial charge in [-0.25, -0.2) is 0 Å². The average Bonchev–Trinajstić information content (AvgIpc) is 2.45. The fourth-order valence-electron chi connectivity index (χ4n) is 2.58. The molecular formula is C19H30N2O2. The minimum atomic E-state index is -0.606. The van der Waals surface area contributed by atoms with Gasteiger partial charge in [-0.2, -0.15) is 0 Å². The SMILES string of the molecule is CC(C)Cc1ccc([C@@H](C)C(=O)N[C@@H](CC(C)C)C(N)=O)cc1. The lowest BCUT2D eigenvalue weighted by molar-refractivity contribution is -0.128. The van der Waals surface area contributed by atoms with E-state index in [1.807, 2.05) is 32.9 Å². The summed E-state index contributed by atoms with van der Waals surface area (Å²) < 4.78 is 0. The fraction of sp³-hybridized carbons (Fsp3) is 0.579. The first-order chi connectivity index (χ1) is 10.7. The number of nitrogens with one attached hydrogen (secondary N) is 1. The quantitative estimate of drug-likeness (QED) is 0.773. The molecule has 0 saturated carbocycles. The zero-order valence-corrected chi connectivity index (χ0v) is 14.9. The molecule has 0 bridgehead atoms. The van der Waals surface area contributed by atoms with E-state index in [2.05, 4.69) is 31.3 Å². The number of rotatable bonds is 8. The zero-order valence-electron chi connectivity index (χ0n) is 14.9. The van der Waals surface area contributed by atoms with Gasteiger partial charge in [-0.3, -0.25) is 9.59 Å². The number of primary amides is 1. The Labute approximate surface area is 139 Å². The van der Waals surface area contributed by atoms with Crippen molar-refractivity contribution >= 4 is 11.8 Å². The first-order valence-electron chi connectivity index (χ1n) is 8.39. The van der Waals surface area contributed by atoms with Crippen LogP contribution < -0.4 is 11.1 Å². The Morgan fingerprint density at radius 2 is 1.57 bits per heavy atom. The molecule has 128 valence electrons. The van der Waals surface area contributed by atoms with Gasteiger partial charge in [-0.1, -0.05) is 52.0 Å². The summed E-state index contributed by atoms with van der Waals surface area (Å²) in [6, 6.07) is 7.51. The molecular weight excluding hydrogens is 288 g/mol. The lowest BCUT2D eigenvalue weighted by atomic mass is 9.95. The van der Waals surface area contributed by atoms with Gasteiger partial charge in [0.2, 0.25) is 11.8 Å². The van der Waals surface area contributed by atoms with Gasteiger partial charge in [-0.15, -0.1) is 0 Å². The number of hydrogen-bond donors (Lipinski definition) is 2. The second-order valence-electron chi connectivity index (χ2n) is 7.15. The Kier molecular flexibility index (Phi) is 7.27. The third kappa shape index (κ3) is 6.43. The van der Waals surface area contributed by atoms with E-state index in [9.17, 15) is 9.59 Å². The molecule has 0 aromatic heterocycles. The lowest BCUT2D eigenvalue weighted by Gasteiger charge is -2.20. The van der Waals surface area contributed by atoms with Crippen molar-refractivity contribution in [1.82, 2.24) is 5.32 Å². The lowest BCUT2D eigenvalue weighted by Crippen LogP contribution is -2.46. The molecule has 2 atom stereocenters. The van der Waals surface area contributed by atoms with E-state index in [1.165, 1.54) is 5.56 Å². The van der Waals surface area contributed by atoms with Crippen LogP contribution in [0.2, 0.25) is 0 Å². The van der Waals surface area contributed by atoms with Crippen molar-refractivity contribution in [2.75, 3.05) is 0 Å². The highest BCUT2D eigenvalue weighted by atomic mass is 16.2. The monoisotopic (exact) mass is 318 g/mol. The largest absolute Gasteiger partial charge is 0.368 e. The van der Waals surface area contributed by atoms with Gasteiger partial charge in [0.1, 0.15) is 6.04 Å². The average molecular weight is 318 g/mol. The zero-order chi connectivity index (χ0) is 17.6. The number of carbonyl (C=O) groups is 2. The highest BCUT2D eigenvalue weighted by Gasteiger charge is 2.23. The number of carbonyl (C=O) groups excluding carboxylic acids is 2. The molecule has 0 aliphatic carbocycles. The van der Waals surface area contributed by atoms with Gasteiger partial charge >= 0.3 is 0 Å². The Hall–Kier alpha value is -1.84. The number of amides is 2. The molecule has 0 saturated heterocycles. The van der Waals surface area contributed by atoms with Crippen molar-refractivity contribution in [1.29, 1.82) is 0 Å².